The molecule has 1 atom stereocenters. The molecular weight excluding hydrogens is 156 g/mol. The number of halogens is 2. The van der Waals surface area contributed by atoms with Crippen LogP contribution in [0.15, 0.2) is 0 Å². The molecular formula is C6H11F2NO2. The van der Waals surface area contributed by atoms with E-state index in [-0.39, 0.29) is 0 Å². The van der Waals surface area contributed by atoms with Crippen LogP contribution in [-0.2, 0) is 0 Å². The van der Waals surface area contributed by atoms with Gasteiger partial charge in [-0.2, -0.15) is 0 Å². The summed E-state index contributed by atoms with van der Waals surface area (Å²) in [6, 6.07) is 0. The van der Waals surface area contributed by atoms with Crippen LogP contribution >= 0.6 is 0 Å². The number of alkyl halides is 2. The van der Waals surface area contributed by atoms with Crippen molar-refractivity contribution < 1.29 is 18.7 Å². The average molecular weight is 167 g/mol. The second-order valence-corrected chi connectivity index (χ2v) is 2.72. The van der Waals surface area contributed by atoms with Gasteiger partial charge in [0.1, 0.15) is 5.67 Å². The maximum Gasteiger partial charge on any atom is 0.404 e. The molecule has 1 amide bonds. The summed E-state index contributed by atoms with van der Waals surface area (Å²) in [7, 11) is 0. The molecule has 0 fully saturated rings. The van der Waals surface area contributed by atoms with Crippen molar-refractivity contribution in [3.8, 4) is 0 Å². The van der Waals surface area contributed by atoms with Gasteiger partial charge in [0, 0.05) is 0 Å². The number of nitrogens with one attached hydrogen (secondary N) is 1. The second-order valence-electron chi connectivity index (χ2n) is 2.72. The number of rotatable bonds is 3. The van der Waals surface area contributed by atoms with Crippen LogP contribution < -0.4 is 5.32 Å². The summed E-state index contributed by atoms with van der Waals surface area (Å²) in [4.78, 5) is 9.83. The lowest BCUT2D eigenvalue weighted by Gasteiger charge is -2.18. The third kappa shape index (κ3) is 4.52. The third-order valence-corrected chi connectivity index (χ3v) is 1.18. The minimum absolute atomic E-state index is 0.515. The highest BCUT2D eigenvalue weighted by Gasteiger charge is 2.28. The Balaban J connectivity index is 3.70. The average Bonchev–Trinajstić information content (AvgIpc) is 1.80. The SMILES string of the molecule is CC(C)(F)C(F)CNC(=O)O. The lowest BCUT2D eigenvalue weighted by Crippen LogP contribution is -2.38. The smallest absolute Gasteiger partial charge is 0.404 e. The van der Waals surface area contributed by atoms with Gasteiger partial charge in [-0.15, -0.1) is 0 Å². The molecule has 0 aromatic carbocycles. The van der Waals surface area contributed by atoms with Gasteiger partial charge in [-0.3, -0.25) is 0 Å². The molecule has 0 aliphatic heterocycles. The molecule has 2 N–H and O–H groups in total. The van der Waals surface area contributed by atoms with Crippen LogP contribution in [0.25, 0.3) is 0 Å². The van der Waals surface area contributed by atoms with Crippen LogP contribution in [0.2, 0.25) is 0 Å². The van der Waals surface area contributed by atoms with Gasteiger partial charge in [-0.1, -0.05) is 0 Å². The Kier molecular flexibility index (Phi) is 3.22. The van der Waals surface area contributed by atoms with E-state index < -0.39 is 24.5 Å². The fourth-order valence-electron chi connectivity index (χ4n) is 0.420. The van der Waals surface area contributed by atoms with Gasteiger partial charge in [0.25, 0.3) is 0 Å². The fraction of sp³-hybridized carbons (Fsp3) is 0.833. The molecule has 0 rings (SSSR count). The van der Waals surface area contributed by atoms with Crippen LogP contribution in [0.1, 0.15) is 13.8 Å². The monoisotopic (exact) mass is 167 g/mol. The van der Waals surface area contributed by atoms with Crippen molar-refractivity contribution in [2.24, 2.45) is 0 Å². The van der Waals surface area contributed by atoms with E-state index in [0.717, 1.165) is 13.8 Å². The molecule has 11 heavy (non-hydrogen) atoms. The minimum atomic E-state index is -2.00. The van der Waals surface area contributed by atoms with Gasteiger partial charge in [-0.05, 0) is 13.8 Å². The number of carboxylic acid groups (broad SMARTS) is 1. The van der Waals surface area contributed by atoms with Crippen LogP contribution in [-0.4, -0.2) is 29.6 Å². The Morgan fingerprint density at radius 1 is 1.73 bits per heavy atom. The lowest BCUT2D eigenvalue weighted by molar-refractivity contribution is 0.0840. The van der Waals surface area contributed by atoms with Crippen molar-refractivity contribution in [3.05, 3.63) is 0 Å². The van der Waals surface area contributed by atoms with Crippen molar-refractivity contribution in [3.63, 3.8) is 0 Å². The second kappa shape index (κ2) is 3.50. The zero-order valence-electron chi connectivity index (χ0n) is 6.40. The molecule has 0 saturated carbocycles. The largest absolute Gasteiger partial charge is 0.465 e. The van der Waals surface area contributed by atoms with Crippen molar-refractivity contribution in [1.29, 1.82) is 0 Å². The molecule has 1 unspecified atom stereocenters. The van der Waals surface area contributed by atoms with E-state index in [0.29, 0.717) is 0 Å². The molecule has 5 heteroatoms. The summed E-state index contributed by atoms with van der Waals surface area (Å²) in [5.41, 5.74) is -2.00. The van der Waals surface area contributed by atoms with Gasteiger partial charge in [-0.25, -0.2) is 13.6 Å². The standard InChI is InChI=1S/C6H11F2NO2/c1-6(2,8)4(7)3-9-5(10)11/h4,9H,3H2,1-2H3,(H,10,11). The van der Waals surface area contributed by atoms with Gasteiger partial charge in [0.15, 0.2) is 6.17 Å². The van der Waals surface area contributed by atoms with Crippen molar-refractivity contribution >= 4 is 6.09 Å². The van der Waals surface area contributed by atoms with Crippen LogP contribution in [0.5, 0.6) is 0 Å². The number of hydrogen-bond acceptors (Lipinski definition) is 1. The summed E-state index contributed by atoms with van der Waals surface area (Å²) in [6.07, 6.45) is -3.16. The van der Waals surface area contributed by atoms with E-state index in [9.17, 15) is 13.6 Å². The summed E-state index contributed by atoms with van der Waals surface area (Å²) in [6.45, 7) is 1.60. The van der Waals surface area contributed by atoms with Gasteiger partial charge >= 0.3 is 6.09 Å². The molecule has 0 aliphatic carbocycles. The first-order valence-corrected chi connectivity index (χ1v) is 3.14. The lowest BCUT2D eigenvalue weighted by atomic mass is 10.1. The molecule has 0 aliphatic rings. The van der Waals surface area contributed by atoms with E-state index in [2.05, 4.69) is 0 Å². The van der Waals surface area contributed by atoms with E-state index >= 15 is 0 Å². The van der Waals surface area contributed by atoms with E-state index in [1.54, 1.807) is 5.32 Å². The Hall–Kier alpha value is -0.870. The summed E-state index contributed by atoms with van der Waals surface area (Å²) < 4.78 is 25.2. The Morgan fingerprint density at radius 2 is 2.18 bits per heavy atom. The zero-order chi connectivity index (χ0) is 9.07. The van der Waals surface area contributed by atoms with E-state index in [4.69, 9.17) is 5.11 Å². The normalized spacial score (nSPS) is 14.2. The molecule has 66 valence electrons. The first kappa shape index (κ1) is 10.1. The van der Waals surface area contributed by atoms with Crippen molar-refractivity contribution in [1.82, 2.24) is 5.32 Å². The van der Waals surface area contributed by atoms with Gasteiger partial charge < -0.3 is 10.4 Å². The third-order valence-electron chi connectivity index (χ3n) is 1.18. The van der Waals surface area contributed by atoms with E-state index in [1.807, 2.05) is 0 Å². The maximum atomic E-state index is 12.6. The maximum absolute atomic E-state index is 12.6. The molecule has 0 aromatic heterocycles. The number of hydrogen-bond donors (Lipinski definition) is 2. The summed E-state index contributed by atoms with van der Waals surface area (Å²) in [5, 5.41) is 9.78. The molecule has 3 nitrogen and oxygen atoms in total. The molecule has 0 saturated heterocycles. The number of amides is 1. The number of carbonyl (C=O) groups is 1. The van der Waals surface area contributed by atoms with E-state index in [1.165, 1.54) is 0 Å². The molecule has 0 bridgehead atoms. The van der Waals surface area contributed by atoms with Crippen molar-refractivity contribution in [2.45, 2.75) is 25.7 Å². The zero-order valence-corrected chi connectivity index (χ0v) is 6.40. The minimum Gasteiger partial charge on any atom is -0.465 e. The topological polar surface area (TPSA) is 49.3 Å². The van der Waals surface area contributed by atoms with Crippen LogP contribution in [0.3, 0.4) is 0 Å². The Morgan fingerprint density at radius 3 is 2.45 bits per heavy atom. The first-order valence-electron chi connectivity index (χ1n) is 3.14. The molecule has 0 spiro atoms. The molecule has 0 aromatic rings. The highest BCUT2D eigenvalue weighted by Crippen LogP contribution is 2.16. The van der Waals surface area contributed by atoms with Crippen LogP contribution in [0, 0.1) is 0 Å². The predicted octanol–water partition coefficient (Wildman–Crippen LogP) is 1.34. The molecule has 0 heterocycles. The summed E-state index contributed by atoms with van der Waals surface area (Å²) in [5.74, 6) is 0. The molecule has 0 radical (unpaired) electrons. The summed E-state index contributed by atoms with van der Waals surface area (Å²) >= 11 is 0. The van der Waals surface area contributed by atoms with Gasteiger partial charge in [0.2, 0.25) is 0 Å². The first-order chi connectivity index (χ1) is 4.84. The highest BCUT2D eigenvalue weighted by molar-refractivity contribution is 5.64. The Bertz CT molecular complexity index is 144. The quantitative estimate of drug-likeness (QED) is 0.666. The fourth-order valence-corrected chi connectivity index (χ4v) is 0.420. The highest BCUT2D eigenvalue weighted by atomic mass is 19.2. The van der Waals surface area contributed by atoms with Crippen LogP contribution in [0.4, 0.5) is 13.6 Å². The Labute approximate surface area is 63.4 Å². The predicted molar refractivity (Wildman–Crippen MR) is 36.1 cm³/mol. The van der Waals surface area contributed by atoms with Gasteiger partial charge in [0.05, 0.1) is 6.54 Å². The van der Waals surface area contributed by atoms with Crippen molar-refractivity contribution in [2.75, 3.05) is 6.54 Å².